The molecule has 14 heavy (non-hydrogen) atoms. The minimum Gasteiger partial charge on any atom is -0.201 e. The van der Waals surface area contributed by atoms with Gasteiger partial charge in [-0.3, -0.25) is 0 Å². The largest absolute Gasteiger partial charge is 0.497 e. The summed E-state index contributed by atoms with van der Waals surface area (Å²) in [5.74, 6) is 0. The maximum atomic E-state index is 11.6. The van der Waals surface area contributed by atoms with Gasteiger partial charge >= 0.3 is 5.69 Å². The SMILES string of the molecule is CCCCCCn1ccc[n+](C)c1=O. The van der Waals surface area contributed by atoms with E-state index in [1.165, 1.54) is 19.3 Å². The fraction of sp³-hybridized carbons (Fsp3) is 0.636. The molecule has 1 heterocycles. The van der Waals surface area contributed by atoms with Crippen LogP contribution in [0.15, 0.2) is 23.3 Å². The highest BCUT2D eigenvalue weighted by molar-refractivity contribution is 4.75. The molecule has 0 amide bonds. The molecule has 0 aliphatic heterocycles. The second-order valence-electron chi connectivity index (χ2n) is 3.64. The van der Waals surface area contributed by atoms with Gasteiger partial charge in [-0.15, -0.1) is 0 Å². The molecule has 78 valence electrons. The van der Waals surface area contributed by atoms with Crippen LogP contribution in [-0.4, -0.2) is 4.57 Å². The minimum atomic E-state index is 0.0731. The van der Waals surface area contributed by atoms with Gasteiger partial charge in [0, 0.05) is 6.07 Å². The molecule has 0 bridgehead atoms. The Labute approximate surface area is 85.0 Å². The third-order valence-electron chi connectivity index (χ3n) is 2.38. The predicted octanol–water partition coefficient (Wildman–Crippen LogP) is 1.25. The van der Waals surface area contributed by atoms with E-state index in [4.69, 9.17) is 0 Å². The van der Waals surface area contributed by atoms with Crippen LogP contribution in [0, 0.1) is 0 Å². The molecule has 0 spiro atoms. The lowest BCUT2D eigenvalue weighted by Crippen LogP contribution is -2.50. The molecular weight excluding hydrogens is 176 g/mol. The van der Waals surface area contributed by atoms with E-state index in [9.17, 15) is 4.79 Å². The maximum Gasteiger partial charge on any atom is 0.497 e. The Balaban J connectivity index is 2.51. The van der Waals surface area contributed by atoms with Crippen molar-refractivity contribution in [1.82, 2.24) is 4.57 Å². The Morgan fingerprint density at radius 1 is 1.36 bits per heavy atom. The van der Waals surface area contributed by atoms with Crippen molar-refractivity contribution < 1.29 is 4.57 Å². The monoisotopic (exact) mass is 195 g/mol. The van der Waals surface area contributed by atoms with Crippen molar-refractivity contribution >= 4 is 0 Å². The van der Waals surface area contributed by atoms with Gasteiger partial charge in [0.2, 0.25) is 0 Å². The first-order chi connectivity index (χ1) is 6.75. The first kappa shape index (κ1) is 11.0. The fourth-order valence-corrected chi connectivity index (χ4v) is 1.48. The fourth-order valence-electron chi connectivity index (χ4n) is 1.48. The maximum absolute atomic E-state index is 11.6. The lowest BCUT2D eigenvalue weighted by Gasteiger charge is -1.99. The molecule has 1 rings (SSSR count). The first-order valence-corrected chi connectivity index (χ1v) is 5.30. The molecule has 0 aliphatic rings. The Morgan fingerprint density at radius 2 is 2.14 bits per heavy atom. The number of aromatic nitrogens is 2. The Morgan fingerprint density at radius 3 is 2.86 bits per heavy atom. The van der Waals surface area contributed by atoms with Crippen molar-refractivity contribution in [2.45, 2.75) is 39.2 Å². The van der Waals surface area contributed by atoms with E-state index in [-0.39, 0.29) is 5.69 Å². The number of rotatable bonds is 5. The van der Waals surface area contributed by atoms with Gasteiger partial charge in [-0.1, -0.05) is 19.8 Å². The second kappa shape index (κ2) is 5.58. The van der Waals surface area contributed by atoms with Crippen molar-refractivity contribution in [3.63, 3.8) is 0 Å². The highest BCUT2D eigenvalue weighted by Crippen LogP contribution is 1.99. The van der Waals surface area contributed by atoms with Crippen LogP contribution in [-0.2, 0) is 13.6 Å². The van der Waals surface area contributed by atoms with E-state index < -0.39 is 0 Å². The summed E-state index contributed by atoms with van der Waals surface area (Å²) in [6.07, 6.45) is 8.43. The Bertz CT molecular complexity index is 330. The van der Waals surface area contributed by atoms with Gasteiger partial charge in [-0.25, -0.2) is 4.57 Å². The molecule has 0 unspecified atom stereocenters. The molecule has 0 saturated heterocycles. The van der Waals surface area contributed by atoms with Crippen molar-refractivity contribution in [1.29, 1.82) is 0 Å². The zero-order valence-corrected chi connectivity index (χ0v) is 9.07. The zero-order valence-electron chi connectivity index (χ0n) is 9.07. The summed E-state index contributed by atoms with van der Waals surface area (Å²) in [5, 5.41) is 0. The van der Waals surface area contributed by atoms with E-state index in [1.807, 2.05) is 12.3 Å². The molecule has 1 aromatic heterocycles. The summed E-state index contributed by atoms with van der Waals surface area (Å²) in [7, 11) is 1.78. The van der Waals surface area contributed by atoms with Crippen molar-refractivity contribution in [2.75, 3.05) is 0 Å². The smallest absolute Gasteiger partial charge is 0.201 e. The highest BCUT2D eigenvalue weighted by atomic mass is 16.1. The van der Waals surface area contributed by atoms with Crippen molar-refractivity contribution in [3.8, 4) is 0 Å². The van der Waals surface area contributed by atoms with Crippen molar-refractivity contribution in [2.24, 2.45) is 7.05 Å². The summed E-state index contributed by atoms with van der Waals surface area (Å²) in [6.45, 7) is 3.03. The van der Waals surface area contributed by atoms with Crippen LogP contribution in [0.25, 0.3) is 0 Å². The number of hydrogen-bond donors (Lipinski definition) is 0. The molecular formula is C11H19N2O+. The minimum absolute atomic E-state index is 0.0731. The van der Waals surface area contributed by atoms with Gasteiger partial charge in [0.15, 0.2) is 0 Å². The van der Waals surface area contributed by atoms with E-state index in [0.29, 0.717) is 0 Å². The third-order valence-corrected chi connectivity index (χ3v) is 2.38. The highest BCUT2D eigenvalue weighted by Gasteiger charge is 2.04. The molecule has 0 N–H and O–H groups in total. The van der Waals surface area contributed by atoms with Crippen LogP contribution in [0.3, 0.4) is 0 Å². The molecule has 1 aromatic rings. The topological polar surface area (TPSA) is 25.9 Å². The number of unbranched alkanes of at least 4 members (excludes halogenated alkanes) is 3. The van der Waals surface area contributed by atoms with Gasteiger partial charge in [0.05, 0.1) is 26.0 Å². The molecule has 0 aliphatic carbocycles. The molecule has 0 fully saturated rings. The van der Waals surface area contributed by atoms with Crippen LogP contribution in [0.4, 0.5) is 0 Å². The summed E-state index contributed by atoms with van der Waals surface area (Å²) in [4.78, 5) is 11.6. The second-order valence-corrected chi connectivity index (χ2v) is 3.64. The third kappa shape index (κ3) is 2.98. The van der Waals surface area contributed by atoms with Gasteiger partial charge in [-0.2, -0.15) is 9.36 Å². The van der Waals surface area contributed by atoms with Crippen LogP contribution in [0.2, 0.25) is 0 Å². The van der Waals surface area contributed by atoms with Gasteiger partial charge in [0.1, 0.15) is 0 Å². The molecule has 3 heteroatoms. The molecule has 0 aromatic carbocycles. The molecule has 0 saturated carbocycles. The zero-order chi connectivity index (χ0) is 10.4. The average molecular weight is 195 g/mol. The summed E-state index contributed by atoms with van der Waals surface area (Å²) in [6, 6.07) is 1.90. The van der Waals surface area contributed by atoms with E-state index in [0.717, 1.165) is 13.0 Å². The first-order valence-electron chi connectivity index (χ1n) is 5.30. The number of aryl methyl sites for hydroxylation is 2. The van der Waals surface area contributed by atoms with Crippen LogP contribution >= 0.6 is 0 Å². The van der Waals surface area contributed by atoms with Crippen molar-refractivity contribution in [3.05, 3.63) is 28.9 Å². The Hall–Kier alpha value is -1.12. The van der Waals surface area contributed by atoms with E-state index in [1.54, 1.807) is 22.4 Å². The van der Waals surface area contributed by atoms with Gasteiger partial charge in [0.25, 0.3) is 0 Å². The van der Waals surface area contributed by atoms with Crippen LogP contribution in [0.1, 0.15) is 32.6 Å². The molecule has 0 radical (unpaired) electrons. The predicted molar refractivity (Wildman–Crippen MR) is 56.0 cm³/mol. The lowest BCUT2D eigenvalue weighted by atomic mass is 10.2. The summed E-state index contributed by atoms with van der Waals surface area (Å²) >= 11 is 0. The summed E-state index contributed by atoms with van der Waals surface area (Å²) < 4.78 is 3.38. The number of nitrogens with zero attached hydrogens (tertiary/aromatic N) is 2. The quantitative estimate of drug-likeness (QED) is 0.513. The van der Waals surface area contributed by atoms with E-state index in [2.05, 4.69) is 6.92 Å². The Kier molecular flexibility index (Phi) is 4.36. The lowest BCUT2D eigenvalue weighted by molar-refractivity contribution is -0.691. The van der Waals surface area contributed by atoms with Crippen LogP contribution < -0.4 is 10.3 Å². The average Bonchev–Trinajstić information content (AvgIpc) is 2.19. The van der Waals surface area contributed by atoms with Gasteiger partial charge in [-0.05, 0) is 12.8 Å². The standard InChI is InChI=1S/C11H19N2O/c1-3-4-5-6-9-13-10-7-8-12(2)11(13)14/h7-8,10H,3-6,9H2,1-2H3/q+1. The molecule has 3 nitrogen and oxygen atoms in total. The normalized spacial score (nSPS) is 10.4. The van der Waals surface area contributed by atoms with Crippen LogP contribution in [0.5, 0.6) is 0 Å². The van der Waals surface area contributed by atoms with Gasteiger partial charge < -0.3 is 0 Å². The molecule has 0 atom stereocenters. The van der Waals surface area contributed by atoms with E-state index >= 15 is 0 Å². The number of hydrogen-bond acceptors (Lipinski definition) is 1. The summed E-state index contributed by atoms with van der Waals surface area (Å²) in [5.41, 5.74) is 0.0731.